The Balaban J connectivity index is 2.58. The second kappa shape index (κ2) is 5.30. The van der Waals surface area contributed by atoms with Gasteiger partial charge in [-0.2, -0.15) is 0 Å². The van der Waals surface area contributed by atoms with Crippen molar-refractivity contribution in [2.45, 2.75) is 37.6 Å². The van der Waals surface area contributed by atoms with Gasteiger partial charge < -0.3 is 16.0 Å². The summed E-state index contributed by atoms with van der Waals surface area (Å²) < 4.78 is 0. The van der Waals surface area contributed by atoms with Crippen LogP contribution in [0.2, 0.25) is 0 Å². The molecule has 5 nitrogen and oxygen atoms in total. The molecule has 2 amide bonds. The van der Waals surface area contributed by atoms with Crippen molar-refractivity contribution in [3.63, 3.8) is 0 Å². The molecule has 1 saturated carbocycles. The van der Waals surface area contributed by atoms with Crippen molar-refractivity contribution in [3.8, 4) is 0 Å². The number of carbonyl (C=O) groups is 2. The highest BCUT2D eigenvalue weighted by atomic mass is 16.2. The summed E-state index contributed by atoms with van der Waals surface area (Å²) in [7, 11) is 3.18. The summed E-state index contributed by atoms with van der Waals surface area (Å²) in [5, 5.41) is 2.49. The van der Waals surface area contributed by atoms with Crippen molar-refractivity contribution < 1.29 is 9.59 Å². The molecule has 0 atom stereocenters. The monoisotopic (exact) mass is 227 g/mol. The van der Waals surface area contributed by atoms with E-state index in [0.29, 0.717) is 0 Å². The van der Waals surface area contributed by atoms with Crippen LogP contribution in [0.5, 0.6) is 0 Å². The van der Waals surface area contributed by atoms with Crippen molar-refractivity contribution in [2.24, 2.45) is 5.73 Å². The molecule has 0 unspecified atom stereocenters. The fourth-order valence-electron chi connectivity index (χ4n) is 2.14. The van der Waals surface area contributed by atoms with E-state index < -0.39 is 5.54 Å². The molecule has 3 N–H and O–H groups in total. The second-order valence-electron chi connectivity index (χ2n) is 4.55. The molecule has 0 aromatic heterocycles. The summed E-state index contributed by atoms with van der Waals surface area (Å²) in [6.45, 7) is 0.0777. The highest BCUT2D eigenvalue weighted by Crippen LogP contribution is 2.27. The van der Waals surface area contributed by atoms with E-state index in [1.165, 1.54) is 4.90 Å². The van der Waals surface area contributed by atoms with Gasteiger partial charge in [0.15, 0.2) is 0 Å². The first-order valence-electron chi connectivity index (χ1n) is 5.74. The Morgan fingerprint density at radius 1 is 1.31 bits per heavy atom. The van der Waals surface area contributed by atoms with Crippen LogP contribution >= 0.6 is 0 Å². The van der Waals surface area contributed by atoms with Crippen LogP contribution in [0.1, 0.15) is 32.1 Å². The number of carbonyl (C=O) groups excluding carboxylic acids is 2. The Morgan fingerprint density at radius 3 is 2.38 bits per heavy atom. The second-order valence-corrected chi connectivity index (χ2v) is 4.55. The molecule has 1 aliphatic rings. The normalized spacial score (nSPS) is 18.9. The molecule has 0 heterocycles. The topological polar surface area (TPSA) is 75.4 Å². The number of nitrogens with two attached hydrogens (primary N) is 1. The molecule has 0 spiro atoms. The number of amides is 2. The maximum Gasteiger partial charge on any atom is 0.242 e. The van der Waals surface area contributed by atoms with Gasteiger partial charge >= 0.3 is 0 Å². The number of rotatable bonds is 3. The third-order valence-corrected chi connectivity index (χ3v) is 3.18. The Bertz CT molecular complexity index is 272. The molecule has 1 aliphatic carbocycles. The molecule has 0 radical (unpaired) electrons. The lowest BCUT2D eigenvalue weighted by Gasteiger charge is -2.35. The van der Waals surface area contributed by atoms with Crippen LogP contribution in [0.25, 0.3) is 0 Å². The summed E-state index contributed by atoms with van der Waals surface area (Å²) in [5.41, 5.74) is 5.35. The van der Waals surface area contributed by atoms with E-state index in [1.807, 2.05) is 0 Å². The van der Waals surface area contributed by atoms with Gasteiger partial charge in [-0.1, -0.05) is 19.3 Å². The van der Waals surface area contributed by atoms with Crippen molar-refractivity contribution in [3.05, 3.63) is 0 Å². The predicted molar refractivity (Wildman–Crippen MR) is 61.7 cm³/mol. The summed E-state index contributed by atoms with van der Waals surface area (Å²) in [6, 6.07) is 0. The van der Waals surface area contributed by atoms with E-state index in [2.05, 4.69) is 5.32 Å². The third kappa shape index (κ3) is 2.95. The molecular formula is C11H21N3O2. The molecule has 16 heavy (non-hydrogen) atoms. The molecule has 92 valence electrons. The molecule has 0 saturated heterocycles. The average Bonchev–Trinajstić information content (AvgIpc) is 2.28. The lowest BCUT2D eigenvalue weighted by molar-refractivity contribution is -0.140. The minimum Gasteiger partial charge on any atom is -0.358 e. The number of likely N-dealkylation sites (N-methyl/N-ethyl adjacent to an activating group) is 2. The van der Waals surface area contributed by atoms with Crippen LogP contribution in [0, 0.1) is 0 Å². The first kappa shape index (κ1) is 13.0. The van der Waals surface area contributed by atoms with E-state index in [0.717, 1.165) is 32.1 Å². The van der Waals surface area contributed by atoms with Crippen molar-refractivity contribution in [1.29, 1.82) is 0 Å². The zero-order chi connectivity index (χ0) is 12.2. The van der Waals surface area contributed by atoms with E-state index >= 15 is 0 Å². The number of hydrogen-bond acceptors (Lipinski definition) is 3. The molecule has 0 bridgehead atoms. The van der Waals surface area contributed by atoms with E-state index in [-0.39, 0.29) is 18.4 Å². The van der Waals surface area contributed by atoms with Crippen molar-refractivity contribution >= 4 is 11.8 Å². The summed E-state index contributed by atoms with van der Waals surface area (Å²) in [6.07, 6.45) is 4.59. The van der Waals surface area contributed by atoms with E-state index in [9.17, 15) is 9.59 Å². The largest absolute Gasteiger partial charge is 0.358 e. The fourth-order valence-corrected chi connectivity index (χ4v) is 2.14. The van der Waals surface area contributed by atoms with Crippen LogP contribution in [0.3, 0.4) is 0 Å². The molecule has 0 aliphatic heterocycles. The standard InChI is InChI=1S/C11H21N3O2/c1-13-9(15)8-14(2)10(16)11(12)6-4-3-5-7-11/h3-8,12H2,1-2H3,(H,13,15). The maximum atomic E-state index is 12.1. The van der Waals surface area contributed by atoms with Gasteiger partial charge in [-0.05, 0) is 12.8 Å². The molecule has 5 heteroatoms. The van der Waals surface area contributed by atoms with Crippen molar-refractivity contribution in [1.82, 2.24) is 10.2 Å². The molecule has 0 aromatic rings. The Morgan fingerprint density at radius 2 is 1.88 bits per heavy atom. The molecule has 1 rings (SSSR count). The zero-order valence-electron chi connectivity index (χ0n) is 10.1. The van der Waals surface area contributed by atoms with Crippen LogP contribution in [0.4, 0.5) is 0 Å². The minimum absolute atomic E-state index is 0.0777. The minimum atomic E-state index is -0.749. The first-order chi connectivity index (χ1) is 7.49. The number of hydrogen-bond donors (Lipinski definition) is 2. The quantitative estimate of drug-likeness (QED) is 0.704. The van der Waals surface area contributed by atoms with Crippen LogP contribution < -0.4 is 11.1 Å². The zero-order valence-corrected chi connectivity index (χ0v) is 10.1. The summed E-state index contributed by atoms with van der Waals surface area (Å²) in [5.74, 6) is -0.286. The molecular weight excluding hydrogens is 206 g/mol. The lowest BCUT2D eigenvalue weighted by Crippen LogP contribution is -2.56. The number of nitrogens with one attached hydrogen (secondary N) is 1. The molecule has 0 aromatic carbocycles. The van der Waals surface area contributed by atoms with Crippen LogP contribution in [0.15, 0.2) is 0 Å². The van der Waals surface area contributed by atoms with E-state index in [1.54, 1.807) is 14.1 Å². The van der Waals surface area contributed by atoms with Gasteiger partial charge in [-0.25, -0.2) is 0 Å². The van der Waals surface area contributed by atoms with Gasteiger partial charge in [0.1, 0.15) is 0 Å². The molecule has 1 fully saturated rings. The first-order valence-corrected chi connectivity index (χ1v) is 5.74. The highest BCUT2D eigenvalue weighted by Gasteiger charge is 2.37. The fraction of sp³-hybridized carbons (Fsp3) is 0.818. The lowest BCUT2D eigenvalue weighted by atomic mass is 9.81. The smallest absolute Gasteiger partial charge is 0.242 e. The van der Waals surface area contributed by atoms with Gasteiger partial charge in [0, 0.05) is 14.1 Å². The van der Waals surface area contributed by atoms with Gasteiger partial charge in [-0.3, -0.25) is 9.59 Å². The maximum absolute atomic E-state index is 12.1. The predicted octanol–water partition coefficient (Wildman–Crippen LogP) is -0.148. The third-order valence-electron chi connectivity index (χ3n) is 3.18. The number of nitrogens with zero attached hydrogens (tertiary/aromatic N) is 1. The van der Waals surface area contributed by atoms with Crippen LogP contribution in [-0.2, 0) is 9.59 Å². The Kier molecular flexibility index (Phi) is 4.29. The summed E-state index contributed by atoms with van der Waals surface area (Å²) >= 11 is 0. The Labute approximate surface area is 96.4 Å². The van der Waals surface area contributed by atoms with Gasteiger partial charge in [0.25, 0.3) is 0 Å². The Hall–Kier alpha value is -1.10. The van der Waals surface area contributed by atoms with Crippen LogP contribution in [-0.4, -0.2) is 42.9 Å². The summed E-state index contributed by atoms with van der Waals surface area (Å²) in [4.78, 5) is 24.7. The van der Waals surface area contributed by atoms with Gasteiger partial charge in [-0.15, -0.1) is 0 Å². The average molecular weight is 227 g/mol. The SMILES string of the molecule is CNC(=O)CN(C)C(=O)C1(N)CCCCC1. The van der Waals surface area contributed by atoms with Crippen molar-refractivity contribution in [2.75, 3.05) is 20.6 Å². The van der Waals surface area contributed by atoms with Gasteiger partial charge in [0.05, 0.1) is 12.1 Å². The highest BCUT2D eigenvalue weighted by molar-refractivity contribution is 5.90. The van der Waals surface area contributed by atoms with Gasteiger partial charge in [0.2, 0.25) is 11.8 Å². The van der Waals surface area contributed by atoms with E-state index in [4.69, 9.17) is 5.73 Å².